The van der Waals surface area contributed by atoms with E-state index < -0.39 is 0 Å². The van der Waals surface area contributed by atoms with Gasteiger partial charge in [0.25, 0.3) is 5.91 Å². The first-order valence-electron chi connectivity index (χ1n) is 10.1. The molecule has 2 heterocycles. The van der Waals surface area contributed by atoms with Crippen LogP contribution >= 0.6 is 11.6 Å². The van der Waals surface area contributed by atoms with Crippen molar-refractivity contribution in [2.75, 3.05) is 23.5 Å². The predicted octanol–water partition coefficient (Wildman–Crippen LogP) is 5.67. The number of unbranched alkanes of at least 4 members (excludes halogenated alkanes) is 1. The van der Waals surface area contributed by atoms with Crippen molar-refractivity contribution < 1.29 is 9.53 Å². The van der Waals surface area contributed by atoms with E-state index in [9.17, 15) is 4.79 Å². The average Bonchev–Trinajstić information content (AvgIpc) is 2.75. The average molecular weight is 409 g/mol. The maximum Gasteiger partial charge on any atom is 0.251 e. The van der Waals surface area contributed by atoms with E-state index in [1.807, 2.05) is 30.3 Å². The molecule has 0 spiro atoms. The fourth-order valence-corrected chi connectivity index (χ4v) is 3.97. The monoisotopic (exact) mass is 408 g/mol. The zero-order valence-electron chi connectivity index (χ0n) is 16.8. The molecule has 2 aliphatic rings. The first-order chi connectivity index (χ1) is 14.1. The lowest BCUT2D eigenvalue weighted by molar-refractivity contribution is -0.113. The Balaban J connectivity index is 1.64. The summed E-state index contributed by atoms with van der Waals surface area (Å²) >= 11 is 5.96. The lowest BCUT2D eigenvalue weighted by Crippen LogP contribution is -2.41. The highest BCUT2D eigenvalue weighted by Gasteiger charge is 2.31. The molecule has 0 saturated heterocycles. The summed E-state index contributed by atoms with van der Waals surface area (Å²) in [5.41, 5.74) is 3.79. The van der Waals surface area contributed by atoms with Crippen molar-refractivity contribution in [3.63, 3.8) is 0 Å². The summed E-state index contributed by atoms with van der Waals surface area (Å²) < 4.78 is 6.05. The molecule has 0 aromatic heterocycles. The van der Waals surface area contributed by atoms with Gasteiger partial charge in [0.1, 0.15) is 12.4 Å². The van der Waals surface area contributed by atoms with E-state index in [1.165, 1.54) is 12.8 Å². The van der Waals surface area contributed by atoms with Gasteiger partial charge in [0, 0.05) is 35.6 Å². The van der Waals surface area contributed by atoms with E-state index in [-0.39, 0.29) is 5.91 Å². The molecule has 0 radical (unpaired) electrons. The Morgan fingerprint density at radius 2 is 2.07 bits per heavy atom. The molecule has 150 valence electrons. The second-order valence-corrected chi connectivity index (χ2v) is 7.89. The largest absolute Gasteiger partial charge is 0.489 e. The molecule has 4 nitrogen and oxygen atoms in total. The van der Waals surface area contributed by atoms with E-state index in [1.54, 1.807) is 30.2 Å². The van der Waals surface area contributed by atoms with Crippen molar-refractivity contribution in [1.82, 2.24) is 0 Å². The molecule has 1 atom stereocenters. The van der Waals surface area contributed by atoms with Gasteiger partial charge in [-0.2, -0.15) is 0 Å². The third-order valence-electron chi connectivity index (χ3n) is 5.52. The molecular formula is C24H25ClN2O2. The summed E-state index contributed by atoms with van der Waals surface area (Å²) in [7, 11) is 1.77. The van der Waals surface area contributed by atoms with Crippen LogP contribution in [0.5, 0.6) is 5.75 Å². The van der Waals surface area contributed by atoms with Crippen LogP contribution in [0.3, 0.4) is 0 Å². The molecule has 0 saturated carbocycles. The van der Waals surface area contributed by atoms with Crippen LogP contribution in [-0.2, 0) is 4.79 Å². The molecule has 1 amide bonds. The Kier molecular flexibility index (Phi) is 5.63. The number of rotatable bonds is 5. The third kappa shape index (κ3) is 3.90. The van der Waals surface area contributed by atoms with Crippen LogP contribution in [0.15, 0.2) is 60.8 Å². The Morgan fingerprint density at radius 1 is 1.28 bits per heavy atom. The minimum absolute atomic E-state index is 0.0858. The van der Waals surface area contributed by atoms with Crippen LogP contribution in [0.2, 0.25) is 5.02 Å². The van der Waals surface area contributed by atoms with E-state index in [4.69, 9.17) is 16.3 Å². The predicted molar refractivity (Wildman–Crippen MR) is 120 cm³/mol. The maximum atomic E-state index is 12.9. The molecule has 1 unspecified atom stereocenters. The van der Waals surface area contributed by atoms with Gasteiger partial charge in [-0.05, 0) is 48.4 Å². The summed E-state index contributed by atoms with van der Waals surface area (Å²) in [5, 5.41) is 0.650. The lowest BCUT2D eigenvalue weighted by Gasteiger charge is -2.40. The number of nitrogens with zero attached hydrogens (tertiary/aromatic N) is 2. The van der Waals surface area contributed by atoms with Crippen LogP contribution < -0.4 is 14.5 Å². The summed E-state index contributed by atoms with van der Waals surface area (Å²) in [6, 6.07) is 13.6. The van der Waals surface area contributed by atoms with Crippen molar-refractivity contribution in [3.05, 3.63) is 71.4 Å². The molecule has 5 heteroatoms. The minimum atomic E-state index is -0.0858. The smallest absolute Gasteiger partial charge is 0.251 e. The van der Waals surface area contributed by atoms with Gasteiger partial charge in [0.2, 0.25) is 0 Å². The van der Waals surface area contributed by atoms with Gasteiger partial charge in [-0.25, -0.2) is 0 Å². The quantitative estimate of drug-likeness (QED) is 0.597. The summed E-state index contributed by atoms with van der Waals surface area (Å²) in [5.74, 6) is 0.793. The van der Waals surface area contributed by atoms with Gasteiger partial charge in [0.15, 0.2) is 0 Å². The van der Waals surface area contributed by atoms with Crippen molar-refractivity contribution in [2.45, 2.75) is 32.2 Å². The number of halogens is 1. The van der Waals surface area contributed by atoms with E-state index >= 15 is 0 Å². The minimum Gasteiger partial charge on any atom is -0.489 e. The number of hydrogen-bond donors (Lipinski definition) is 0. The highest BCUT2D eigenvalue weighted by atomic mass is 35.5. The van der Waals surface area contributed by atoms with Crippen LogP contribution in [-0.4, -0.2) is 25.6 Å². The number of carbonyl (C=O) groups excluding carboxylic acids is 1. The number of hydrogen-bond acceptors (Lipinski definition) is 3. The Labute approximate surface area is 177 Å². The fourth-order valence-electron chi connectivity index (χ4n) is 3.84. The molecule has 0 fully saturated rings. The van der Waals surface area contributed by atoms with Crippen molar-refractivity contribution in [2.24, 2.45) is 0 Å². The van der Waals surface area contributed by atoms with E-state index in [0.717, 1.165) is 34.7 Å². The molecule has 2 aliphatic heterocycles. The van der Waals surface area contributed by atoms with Gasteiger partial charge in [-0.3, -0.25) is 4.79 Å². The topological polar surface area (TPSA) is 32.8 Å². The van der Waals surface area contributed by atoms with Crippen molar-refractivity contribution in [1.29, 1.82) is 0 Å². The highest BCUT2D eigenvalue weighted by Crippen LogP contribution is 2.44. The molecule has 4 rings (SSSR count). The Morgan fingerprint density at radius 3 is 2.83 bits per heavy atom. The number of amides is 1. The van der Waals surface area contributed by atoms with Gasteiger partial charge in [-0.1, -0.05) is 43.5 Å². The molecule has 0 N–H and O–H groups in total. The first kappa shape index (κ1) is 19.6. The van der Waals surface area contributed by atoms with Gasteiger partial charge in [-0.15, -0.1) is 0 Å². The van der Waals surface area contributed by atoms with Gasteiger partial charge < -0.3 is 14.5 Å². The van der Waals surface area contributed by atoms with Crippen LogP contribution in [0.1, 0.15) is 31.7 Å². The zero-order valence-corrected chi connectivity index (χ0v) is 17.5. The van der Waals surface area contributed by atoms with Crippen molar-refractivity contribution in [3.8, 4) is 5.75 Å². The normalized spacial score (nSPS) is 18.4. The molecule has 2 aromatic carbocycles. The second kappa shape index (κ2) is 8.34. The van der Waals surface area contributed by atoms with E-state index in [2.05, 4.69) is 24.1 Å². The van der Waals surface area contributed by atoms with Gasteiger partial charge >= 0.3 is 0 Å². The SMILES string of the molecule is CCCCC1COc2cccc3c2N1C=C/C3=C\C(=O)N(C)c1ccc(Cl)cc1. The number of carbonyl (C=O) groups is 1. The highest BCUT2D eigenvalue weighted by molar-refractivity contribution is 6.30. The summed E-state index contributed by atoms with van der Waals surface area (Å²) in [6.07, 6.45) is 9.24. The number of allylic oxidation sites excluding steroid dienone is 2. The number of likely N-dealkylation sites (N-methyl/N-ethyl adjacent to an activating group) is 1. The lowest BCUT2D eigenvalue weighted by atomic mass is 9.95. The molecular weight excluding hydrogens is 384 g/mol. The zero-order chi connectivity index (χ0) is 20.4. The molecule has 0 bridgehead atoms. The second-order valence-electron chi connectivity index (χ2n) is 7.46. The number of para-hydroxylation sites is 1. The van der Waals surface area contributed by atoms with Crippen LogP contribution in [0.4, 0.5) is 11.4 Å². The number of ether oxygens (including phenoxy) is 1. The number of benzene rings is 2. The Hall–Kier alpha value is -2.72. The fraction of sp³-hybridized carbons (Fsp3) is 0.292. The first-order valence-corrected chi connectivity index (χ1v) is 10.4. The van der Waals surface area contributed by atoms with Gasteiger partial charge in [0.05, 0.1) is 11.7 Å². The van der Waals surface area contributed by atoms with Crippen molar-refractivity contribution >= 4 is 34.5 Å². The van der Waals surface area contributed by atoms with Crippen LogP contribution in [0.25, 0.3) is 5.57 Å². The summed E-state index contributed by atoms with van der Waals surface area (Å²) in [4.78, 5) is 16.8. The third-order valence-corrected chi connectivity index (χ3v) is 5.77. The van der Waals surface area contributed by atoms with Crippen LogP contribution in [0, 0.1) is 0 Å². The number of anilines is 2. The standard InChI is InChI=1S/C24H25ClN2O2/c1-3-4-6-20-16-29-22-8-5-7-21-17(13-14-27(20)24(21)22)15-23(28)26(2)19-11-9-18(25)10-12-19/h5,7-15,20H,3-4,6,16H2,1-2H3/b17-15+. The van der Waals surface area contributed by atoms with E-state index in [0.29, 0.717) is 17.7 Å². The molecule has 0 aliphatic carbocycles. The molecule has 2 aromatic rings. The maximum absolute atomic E-state index is 12.9. The summed E-state index contributed by atoms with van der Waals surface area (Å²) in [6.45, 7) is 2.90. The molecule has 29 heavy (non-hydrogen) atoms. The Bertz CT molecular complexity index is 965.